The lowest BCUT2D eigenvalue weighted by Crippen LogP contribution is -2.49. The molecule has 1 aromatic carbocycles. The smallest absolute Gasteiger partial charge is 0.260 e. The fraction of sp³-hybridized carbons (Fsp3) is 0.562. The Labute approximate surface area is 129 Å². The summed E-state index contributed by atoms with van der Waals surface area (Å²) < 4.78 is 6.56. The van der Waals surface area contributed by atoms with Crippen molar-refractivity contribution in [1.29, 1.82) is 0 Å². The standard InChI is InChI=1S/C16H22BrNO2/c1-11-7-8-15(14(17)9-11)20-10-16(19)18-12(2)5-4-6-13(18)3/h7-9,12-13H,4-6,10H2,1-3H3/t12-,13-/m1/s1. The molecule has 20 heavy (non-hydrogen) atoms. The summed E-state index contributed by atoms with van der Waals surface area (Å²) in [7, 11) is 0. The molecule has 1 amide bonds. The Hall–Kier alpha value is -1.03. The molecule has 110 valence electrons. The Morgan fingerprint density at radius 1 is 1.35 bits per heavy atom. The van der Waals surface area contributed by atoms with Gasteiger partial charge in [0, 0.05) is 12.1 Å². The number of halogens is 1. The van der Waals surface area contributed by atoms with E-state index in [0.29, 0.717) is 12.1 Å². The minimum absolute atomic E-state index is 0.0807. The second-order valence-corrected chi connectivity index (χ2v) is 6.51. The number of likely N-dealkylation sites (tertiary alicyclic amines) is 1. The van der Waals surface area contributed by atoms with Crippen LogP contribution in [-0.2, 0) is 4.79 Å². The SMILES string of the molecule is Cc1ccc(OCC(=O)N2[C@H](C)CCC[C@H]2C)c(Br)c1. The molecule has 1 fully saturated rings. The van der Waals surface area contributed by atoms with Crippen LogP contribution in [0, 0.1) is 6.92 Å². The molecule has 0 saturated carbocycles. The molecule has 1 aliphatic heterocycles. The summed E-state index contributed by atoms with van der Waals surface area (Å²) in [6, 6.07) is 6.51. The van der Waals surface area contributed by atoms with E-state index in [1.165, 1.54) is 6.42 Å². The maximum atomic E-state index is 12.4. The fourth-order valence-electron chi connectivity index (χ4n) is 2.85. The predicted molar refractivity (Wildman–Crippen MR) is 84.0 cm³/mol. The van der Waals surface area contributed by atoms with Crippen LogP contribution in [0.2, 0.25) is 0 Å². The molecule has 0 bridgehead atoms. The molecule has 2 rings (SSSR count). The first kappa shape index (κ1) is 15.4. The normalized spacial score (nSPS) is 22.7. The van der Waals surface area contributed by atoms with Crippen molar-refractivity contribution in [2.75, 3.05) is 6.61 Å². The Morgan fingerprint density at radius 2 is 2.00 bits per heavy atom. The molecule has 1 heterocycles. The molecule has 1 aliphatic rings. The van der Waals surface area contributed by atoms with Crippen molar-refractivity contribution >= 4 is 21.8 Å². The quantitative estimate of drug-likeness (QED) is 0.835. The summed E-state index contributed by atoms with van der Waals surface area (Å²) in [5.74, 6) is 0.804. The summed E-state index contributed by atoms with van der Waals surface area (Å²) >= 11 is 3.47. The van der Waals surface area contributed by atoms with Crippen LogP contribution in [0.15, 0.2) is 22.7 Å². The highest BCUT2D eigenvalue weighted by Gasteiger charge is 2.29. The van der Waals surface area contributed by atoms with Crippen molar-refractivity contribution in [3.63, 3.8) is 0 Å². The average molecular weight is 340 g/mol. The Morgan fingerprint density at radius 3 is 2.60 bits per heavy atom. The van der Waals surface area contributed by atoms with Gasteiger partial charge in [0.1, 0.15) is 5.75 Å². The van der Waals surface area contributed by atoms with E-state index in [-0.39, 0.29) is 12.5 Å². The Bertz CT molecular complexity index is 479. The number of carbonyl (C=O) groups is 1. The average Bonchev–Trinajstić information content (AvgIpc) is 2.37. The predicted octanol–water partition coefficient (Wildman–Crippen LogP) is 3.93. The van der Waals surface area contributed by atoms with Gasteiger partial charge in [0.2, 0.25) is 0 Å². The van der Waals surface area contributed by atoms with Gasteiger partial charge in [0.15, 0.2) is 6.61 Å². The van der Waals surface area contributed by atoms with Crippen molar-refractivity contribution in [2.45, 2.75) is 52.1 Å². The van der Waals surface area contributed by atoms with Crippen molar-refractivity contribution in [1.82, 2.24) is 4.90 Å². The van der Waals surface area contributed by atoms with E-state index in [1.54, 1.807) is 0 Å². The number of hydrogen-bond acceptors (Lipinski definition) is 2. The van der Waals surface area contributed by atoms with Gasteiger partial charge in [-0.25, -0.2) is 0 Å². The van der Waals surface area contributed by atoms with Crippen LogP contribution in [0.3, 0.4) is 0 Å². The van der Waals surface area contributed by atoms with Crippen LogP contribution >= 0.6 is 15.9 Å². The molecule has 2 atom stereocenters. The summed E-state index contributed by atoms with van der Waals surface area (Å²) in [6.45, 7) is 6.37. The van der Waals surface area contributed by atoms with Gasteiger partial charge in [-0.05, 0) is 73.7 Å². The lowest BCUT2D eigenvalue weighted by atomic mass is 9.97. The highest BCUT2D eigenvalue weighted by atomic mass is 79.9. The highest BCUT2D eigenvalue weighted by molar-refractivity contribution is 9.10. The number of nitrogens with zero attached hydrogens (tertiary/aromatic N) is 1. The van der Waals surface area contributed by atoms with E-state index >= 15 is 0 Å². The topological polar surface area (TPSA) is 29.5 Å². The van der Waals surface area contributed by atoms with Crippen LogP contribution in [0.25, 0.3) is 0 Å². The van der Waals surface area contributed by atoms with Crippen molar-refractivity contribution in [3.8, 4) is 5.75 Å². The first-order chi connectivity index (χ1) is 9.49. The van der Waals surface area contributed by atoms with Crippen molar-refractivity contribution in [3.05, 3.63) is 28.2 Å². The zero-order chi connectivity index (χ0) is 14.7. The van der Waals surface area contributed by atoms with Gasteiger partial charge in [-0.1, -0.05) is 6.07 Å². The Kier molecular flexibility index (Phi) is 5.08. The molecule has 0 aliphatic carbocycles. The molecular formula is C16H22BrNO2. The lowest BCUT2D eigenvalue weighted by Gasteiger charge is -2.39. The molecule has 1 saturated heterocycles. The third-order valence-electron chi connectivity index (χ3n) is 3.92. The van der Waals surface area contributed by atoms with Gasteiger partial charge in [-0.15, -0.1) is 0 Å². The fourth-order valence-corrected chi connectivity index (χ4v) is 3.46. The van der Waals surface area contributed by atoms with E-state index in [2.05, 4.69) is 29.8 Å². The number of aryl methyl sites for hydroxylation is 1. The van der Waals surface area contributed by atoms with Gasteiger partial charge in [0.25, 0.3) is 5.91 Å². The zero-order valence-corrected chi connectivity index (χ0v) is 13.9. The second-order valence-electron chi connectivity index (χ2n) is 5.65. The van der Waals surface area contributed by atoms with Crippen molar-refractivity contribution in [2.24, 2.45) is 0 Å². The molecule has 3 nitrogen and oxygen atoms in total. The number of ether oxygens (including phenoxy) is 1. The first-order valence-electron chi connectivity index (χ1n) is 7.19. The third kappa shape index (κ3) is 3.54. The molecular weight excluding hydrogens is 318 g/mol. The summed E-state index contributed by atoms with van der Waals surface area (Å²) in [5, 5.41) is 0. The molecule has 0 aromatic heterocycles. The Balaban J connectivity index is 1.97. The highest BCUT2D eigenvalue weighted by Crippen LogP contribution is 2.27. The van der Waals surface area contributed by atoms with Crippen molar-refractivity contribution < 1.29 is 9.53 Å². The maximum Gasteiger partial charge on any atom is 0.260 e. The van der Waals surface area contributed by atoms with Crippen LogP contribution in [0.5, 0.6) is 5.75 Å². The molecule has 0 unspecified atom stereocenters. The van der Waals surface area contributed by atoms with E-state index in [1.807, 2.05) is 30.0 Å². The number of carbonyl (C=O) groups excluding carboxylic acids is 1. The molecule has 0 spiro atoms. The second kappa shape index (κ2) is 6.61. The van der Waals surface area contributed by atoms with E-state index < -0.39 is 0 Å². The monoisotopic (exact) mass is 339 g/mol. The number of piperidine rings is 1. The largest absolute Gasteiger partial charge is 0.483 e. The minimum atomic E-state index is 0.0807. The zero-order valence-electron chi connectivity index (χ0n) is 12.4. The van der Waals surface area contributed by atoms with E-state index in [4.69, 9.17) is 4.74 Å². The van der Waals surface area contributed by atoms with Crippen LogP contribution in [0.1, 0.15) is 38.7 Å². The van der Waals surface area contributed by atoms with Gasteiger partial charge in [0.05, 0.1) is 4.47 Å². The number of amides is 1. The number of benzene rings is 1. The third-order valence-corrected chi connectivity index (χ3v) is 4.54. The van der Waals surface area contributed by atoms with E-state index in [9.17, 15) is 4.79 Å². The van der Waals surface area contributed by atoms with Gasteiger partial charge in [-0.2, -0.15) is 0 Å². The summed E-state index contributed by atoms with van der Waals surface area (Å²) in [5.41, 5.74) is 1.16. The maximum absolute atomic E-state index is 12.4. The lowest BCUT2D eigenvalue weighted by molar-refractivity contribution is -0.139. The van der Waals surface area contributed by atoms with Gasteiger partial charge in [-0.3, -0.25) is 4.79 Å². The number of hydrogen-bond donors (Lipinski definition) is 0. The van der Waals surface area contributed by atoms with Crippen LogP contribution < -0.4 is 4.74 Å². The molecule has 0 radical (unpaired) electrons. The molecule has 1 aromatic rings. The summed E-state index contributed by atoms with van der Waals surface area (Å²) in [4.78, 5) is 14.3. The number of rotatable bonds is 3. The van der Waals surface area contributed by atoms with Crippen LogP contribution in [0.4, 0.5) is 0 Å². The van der Waals surface area contributed by atoms with E-state index in [0.717, 1.165) is 28.6 Å². The summed E-state index contributed by atoms with van der Waals surface area (Å²) in [6.07, 6.45) is 3.38. The minimum Gasteiger partial charge on any atom is -0.483 e. The van der Waals surface area contributed by atoms with Crippen LogP contribution in [-0.4, -0.2) is 29.5 Å². The molecule has 4 heteroatoms. The van der Waals surface area contributed by atoms with Gasteiger partial charge < -0.3 is 9.64 Å². The molecule has 0 N–H and O–H groups in total. The van der Waals surface area contributed by atoms with Gasteiger partial charge >= 0.3 is 0 Å². The first-order valence-corrected chi connectivity index (χ1v) is 7.98.